The second kappa shape index (κ2) is 4.97. The standard InChI is InChI=1S/C16H22N4/c1-4-6-9-14-18-13(8-5-2)15-16(19-12(3)17-15)10-7-11-20(14)16/h2,7,10,13,15H,4,6,8-9,11H2,1,3H3,(H,17,19). The van der Waals surface area contributed by atoms with Crippen molar-refractivity contribution in [2.75, 3.05) is 6.54 Å². The molecule has 0 saturated heterocycles. The van der Waals surface area contributed by atoms with Gasteiger partial charge in [0.1, 0.15) is 11.9 Å². The minimum Gasteiger partial charge on any atom is -0.346 e. The van der Waals surface area contributed by atoms with E-state index in [1.807, 2.05) is 6.92 Å². The number of aliphatic imine (C=N–C) groups is 2. The highest BCUT2D eigenvalue weighted by atomic mass is 15.4. The summed E-state index contributed by atoms with van der Waals surface area (Å²) in [6.07, 6.45) is 14.0. The van der Waals surface area contributed by atoms with E-state index in [4.69, 9.17) is 16.4 Å². The Morgan fingerprint density at radius 2 is 2.40 bits per heavy atom. The Morgan fingerprint density at radius 3 is 3.15 bits per heavy atom. The molecule has 0 aromatic carbocycles. The Kier molecular flexibility index (Phi) is 3.29. The van der Waals surface area contributed by atoms with Gasteiger partial charge >= 0.3 is 0 Å². The number of terminal acetylenes is 1. The molecule has 20 heavy (non-hydrogen) atoms. The lowest BCUT2D eigenvalue weighted by molar-refractivity contribution is 0.179. The van der Waals surface area contributed by atoms with Crippen molar-refractivity contribution in [2.24, 2.45) is 9.98 Å². The quantitative estimate of drug-likeness (QED) is 0.626. The van der Waals surface area contributed by atoms with Gasteiger partial charge < -0.3 is 10.2 Å². The summed E-state index contributed by atoms with van der Waals surface area (Å²) < 4.78 is 0. The fourth-order valence-electron chi connectivity index (χ4n) is 3.49. The minimum atomic E-state index is -0.212. The molecule has 0 aromatic heterocycles. The van der Waals surface area contributed by atoms with Gasteiger partial charge in [0.25, 0.3) is 0 Å². The molecule has 3 aliphatic rings. The van der Waals surface area contributed by atoms with Gasteiger partial charge in [-0.1, -0.05) is 19.4 Å². The number of unbranched alkanes of at least 4 members (excludes halogenated alkanes) is 1. The van der Waals surface area contributed by atoms with E-state index in [2.05, 4.69) is 35.2 Å². The van der Waals surface area contributed by atoms with Gasteiger partial charge in [0.05, 0.1) is 11.9 Å². The van der Waals surface area contributed by atoms with Crippen LogP contribution in [0.4, 0.5) is 0 Å². The highest BCUT2D eigenvalue weighted by Crippen LogP contribution is 2.38. The van der Waals surface area contributed by atoms with Crippen LogP contribution in [-0.4, -0.2) is 40.9 Å². The zero-order valence-corrected chi connectivity index (χ0v) is 12.3. The molecule has 3 aliphatic heterocycles. The molecule has 3 atom stereocenters. The normalized spacial score (nSPS) is 34.0. The summed E-state index contributed by atoms with van der Waals surface area (Å²) in [6.45, 7) is 5.15. The Labute approximate surface area is 121 Å². The van der Waals surface area contributed by atoms with Gasteiger partial charge in [-0.3, -0.25) is 9.98 Å². The van der Waals surface area contributed by atoms with Crippen molar-refractivity contribution in [3.63, 3.8) is 0 Å². The zero-order chi connectivity index (χ0) is 14.2. The Hall–Kier alpha value is -1.76. The van der Waals surface area contributed by atoms with Crippen molar-refractivity contribution >= 4 is 11.7 Å². The van der Waals surface area contributed by atoms with Gasteiger partial charge in [-0.15, -0.1) is 12.3 Å². The number of nitrogens with one attached hydrogen (secondary N) is 1. The van der Waals surface area contributed by atoms with E-state index in [1.54, 1.807) is 0 Å². The summed E-state index contributed by atoms with van der Waals surface area (Å²) in [5, 5.41) is 3.57. The first-order chi connectivity index (χ1) is 9.71. The minimum absolute atomic E-state index is 0.0933. The summed E-state index contributed by atoms with van der Waals surface area (Å²) >= 11 is 0. The number of amidine groups is 2. The van der Waals surface area contributed by atoms with Crippen molar-refractivity contribution in [3.8, 4) is 12.3 Å². The molecule has 106 valence electrons. The molecule has 0 amide bonds. The highest BCUT2D eigenvalue weighted by Gasteiger charge is 2.54. The van der Waals surface area contributed by atoms with E-state index in [1.165, 1.54) is 18.7 Å². The summed E-state index contributed by atoms with van der Waals surface area (Å²) in [6, 6.07) is 0.193. The van der Waals surface area contributed by atoms with Crippen LogP contribution in [0, 0.1) is 12.3 Å². The van der Waals surface area contributed by atoms with E-state index >= 15 is 0 Å². The van der Waals surface area contributed by atoms with Gasteiger partial charge in [0.2, 0.25) is 0 Å². The molecule has 4 heteroatoms. The van der Waals surface area contributed by atoms with Gasteiger partial charge in [-0.2, -0.15) is 0 Å². The Morgan fingerprint density at radius 1 is 1.55 bits per heavy atom. The maximum atomic E-state index is 5.54. The average molecular weight is 270 g/mol. The lowest BCUT2D eigenvalue weighted by Gasteiger charge is -2.46. The van der Waals surface area contributed by atoms with Gasteiger partial charge in [-0.05, 0) is 19.4 Å². The molecular formula is C16H22N4. The molecule has 3 rings (SSSR count). The van der Waals surface area contributed by atoms with Crippen molar-refractivity contribution in [2.45, 2.75) is 57.3 Å². The average Bonchev–Trinajstić information content (AvgIpc) is 2.98. The lowest BCUT2D eigenvalue weighted by atomic mass is 9.90. The maximum Gasteiger partial charge on any atom is 0.157 e. The molecule has 3 unspecified atom stereocenters. The molecule has 0 aromatic rings. The Bertz CT molecular complexity index is 525. The van der Waals surface area contributed by atoms with E-state index in [9.17, 15) is 0 Å². The first-order valence-electron chi connectivity index (χ1n) is 7.49. The summed E-state index contributed by atoms with van der Waals surface area (Å²) in [5.74, 6) is 4.94. The van der Waals surface area contributed by atoms with Crippen molar-refractivity contribution < 1.29 is 0 Å². The van der Waals surface area contributed by atoms with Crippen molar-refractivity contribution in [1.29, 1.82) is 0 Å². The predicted octanol–water partition coefficient (Wildman–Crippen LogP) is 1.94. The first-order valence-corrected chi connectivity index (χ1v) is 7.49. The van der Waals surface area contributed by atoms with Crippen LogP contribution in [0.25, 0.3) is 0 Å². The number of hydrogen-bond acceptors (Lipinski definition) is 4. The number of hydrogen-bond donors (Lipinski definition) is 1. The molecular weight excluding hydrogens is 248 g/mol. The third kappa shape index (κ3) is 1.84. The highest BCUT2D eigenvalue weighted by molar-refractivity contribution is 5.90. The van der Waals surface area contributed by atoms with Crippen molar-refractivity contribution in [3.05, 3.63) is 12.2 Å². The smallest absolute Gasteiger partial charge is 0.157 e. The molecule has 1 N–H and O–H groups in total. The van der Waals surface area contributed by atoms with Gasteiger partial charge in [0.15, 0.2) is 5.66 Å². The molecule has 0 saturated carbocycles. The zero-order valence-electron chi connectivity index (χ0n) is 12.3. The summed E-state index contributed by atoms with van der Waals surface area (Å²) in [5.41, 5.74) is -0.212. The molecule has 4 nitrogen and oxygen atoms in total. The number of nitrogens with zero attached hydrogens (tertiary/aromatic N) is 3. The first kappa shape index (κ1) is 13.2. The molecule has 0 bridgehead atoms. The van der Waals surface area contributed by atoms with Gasteiger partial charge in [-0.25, -0.2) is 0 Å². The summed E-state index contributed by atoms with van der Waals surface area (Å²) in [4.78, 5) is 12.1. The van der Waals surface area contributed by atoms with E-state index in [-0.39, 0.29) is 17.7 Å². The SMILES string of the molecule is C#CCC1N=C(CCCC)N2CC=CC23NC(C)=NC13. The Balaban J connectivity index is 1.97. The second-order valence-corrected chi connectivity index (χ2v) is 5.75. The fourth-order valence-corrected chi connectivity index (χ4v) is 3.49. The third-order valence-corrected chi connectivity index (χ3v) is 4.34. The summed E-state index contributed by atoms with van der Waals surface area (Å²) in [7, 11) is 0. The molecule has 0 fully saturated rings. The monoisotopic (exact) mass is 270 g/mol. The van der Waals surface area contributed by atoms with Crippen LogP contribution in [0.1, 0.15) is 39.5 Å². The van der Waals surface area contributed by atoms with Crippen LogP contribution in [0.2, 0.25) is 0 Å². The van der Waals surface area contributed by atoms with Crippen molar-refractivity contribution in [1.82, 2.24) is 10.2 Å². The van der Waals surface area contributed by atoms with Gasteiger partial charge in [0, 0.05) is 19.4 Å². The fraction of sp³-hybridized carbons (Fsp3) is 0.625. The van der Waals surface area contributed by atoms with Crippen LogP contribution in [0.5, 0.6) is 0 Å². The molecule has 0 aliphatic carbocycles. The number of rotatable bonds is 4. The van der Waals surface area contributed by atoms with Crippen LogP contribution >= 0.6 is 0 Å². The predicted molar refractivity (Wildman–Crippen MR) is 82.8 cm³/mol. The topological polar surface area (TPSA) is 40.0 Å². The second-order valence-electron chi connectivity index (χ2n) is 5.75. The third-order valence-electron chi connectivity index (χ3n) is 4.34. The maximum absolute atomic E-state index is 5.54. The van der Waals surface area contributed by atoms with E-state index < -0.39 is 0 Å². The molecule has 1 spiro atoms. The van der Waals surface area contributed by atoms with Crippen LogP contribution in [-0.2, 0) is 0 Å². The lowest BCUT2D eigenvalue weighted by Crippen LogP contribution is -2.66. The van der Waals surface area contributed by atoms with E-state index in [0.29, 0.717) is 6.42 Å². The van der Waals surface area contributed by atoms with Crippen LogP contribution < -0.4 is 5.32 Å². The van der Waals surface area contributed by atoms with Crippen LogP contribution in [0.3, 0.4) is 0 Å². The largest absolute Gasteiger partial charge is 0.346 e. The van der Waals surface area contributed by atoms with E-state index in [0.717, 1.165) is 18.8 Å². The molecule has 3 heterocycles. The molecule has 0 radical (unpaired) electrons. The van der Waals surface area contributed by atoms with Crippen LogP contribution in [0.15, 0.2) is 22.1 Å².